The van der Waals surface area contributed by atoms with Crippen LogP contribution in [0.4, 0.5) is 0 Å². The molecule has 14 heavy (non-hydrogen) atoms. The fourth-order valence-electron chi connectivity index (χ4n) is 2.07. The molecule has 2 atom stereocenters. The molecular formula is C11H20N2S. The predicted octanol–water partition coefficient (Wildman–Crippen LogP) is 2.31. The van der Waals surface area contributed by atoms with Crippen molar-refractivity contribution >= 4 is 17.3 Å². The fraction of sp³-hybridized carbons (Fsp3) is 0.727. The molecule has 0 unspecified atom stereocenters. The molecule has 0 aromatic rings. The Morgan fingerprint density at radius 3 is 2.57 bits per heavy atom. The van der Waals surface area contributed by atoms with E-state index in [1.807, 2.05) is 6.08 Å². The highest BCUT2D eigenvalue weighted by Crippen LogP contribution is 2.22. The zero-order chi connectivity index (χ0) is 10.6. The van der Waals surface area contributed by atoms with E-state index in [1.54, 1.807) is 0 Å². The highest BCUT2D eigenvalue weighted by atomic mass is 32.1. The molecule has 0 aromatic heterocycles. The zero-order valence-corrected chi connectivity index (χ0v) is 9.94. The first kappa shape index (κ1) is 11.5. The van der Waals surface area contributed by atoms with Crippen LogP contribution >= 0.6 is 12.2 Å². The maximum atomic E-state index is 5.36. The van der Waals surface area contributed by atoms with Gasteiger partial charge in [0.15, 0.2) is 5.11 Å². The van der Waals surface area contributed by atoms with Crippen LogP contribution in [0.3, 0.4) is 0 Å². The standard InChI is InChI=1S/C11H20N2S/c1-4-8-12-11(14)13-9(2)6-5-7-10(13)3/h4,9-10H,1,5-8H2,2-3H3,(H,12,14)/t9-,10-/m0/s1. The molecule has 0 aliphatic carbocycles. The number of hydrogen-bond donors (Lipinski definition) is 1. The van der Waals surface area contributed by atoms with E-state index in [-0.39, 0.29) is 0 Å². The number of nitrogens with zero attached hydrogens (tertiary/aromatic N) is 1. The minimum atomic E-state index is 0.573. The van der Waals surface area contributed by atoms with Crippen molar-refractivity contribution < 1.29 is 0 Å². The van der Waals surface area contributed by atoms with Gasteiger partial charge >= 0.3 is 0 Å². The Balaban J connectivity index is 2.53. The van der Waals surface area contributed by atoms with Crippen LogP contribution in [0.5, 0.6) is 0 Å². The van der Waals surface area contributed by atoms with Gasteiger partial charge in [-0.3, -0.25) is 0 Å². The second kappa shape index (κ2) is 5.35. The van der Waals surface area contributed by atoms with E-state index in [0.717, 1.165) is 11.7 Å². The zero-order valence-electron chi connectivity index (χ0n) is 9.12. The van der Waals surface area contributed by atoms with Crippen molar-refractivity contribution in [2.75, 3.05) is 6.54 Å². The molecule has 80 valence electrons. The van der Waals surface area contributed by atoms with Gasteiger partial charge in [-0.2, -0.15) is 0 Å². The highest BCUT2D eigenvalue weighted by molar-refractivity contribution is 7.80. The van der Waals surface area contributed by atoms with Crippen molar-refractivity contribution in [2.24, 2.45) is 0 Å². The van der Waals surface area contributed by atoms with Gasteiger partial charge in [-0.1, -0.05) is 6.08 Å². The molecule has 0 saturated carbocycles. The van der Waals surface area contributed by atoms with Gasteiger partial charge in [0.1, 0.15) is 0 Å². The Bertz CT molecular complexity index is 205. The Hall–Kier alpha value is -0.570. The largest absolute Gasteiger partial charge is 0.359 e. The summed E-state index contributed by atoms with van der Waals surface area (Å²) in [7, 11) is 0. The first-order valence-electron chi connectivity index (χ1n) is 5.34. The number of nitrogens with one attached hydrogen (secondary N) is 1. The van der Waals surface area contributed by atoms with Gasteiger partial charge in [0.25, 0.3) is 0 Å². The Labute approximate surface area is 92.4 Å². The van der Waals surface area contributed by atoms with E-state index in [2.05, 4.69) is 30.6 Å². The minimum Gasteiger partial charge on any atom is -0.359 e. The van der Waals surface area contributed by atoms with Crippen molar-refractivity contribution in [3.63, 3.8) is 0 Å². The van der Waals surface area contributed by atoms with Gasteiger partial charge in [-0.15, -0.1) is 6.58 Å². The van der Waals surface area contributed by atoms with Crippen LogP contribution in [-0.2, 0) is 0 Å². The van der Waals surface area contributed by atoms with E-state index < -0.39 is 0 Å². The first-order chi connectivity index (χ1) is 6.66. The minimum absolute atomic E-state index is 0.573. The van der Waals surface area contributed by atoms with Gasteiger partial charge in [-0.05, 0) is 45.3 Å². The Morgan fingerprint density at radius 1 is 1.50 bits per heavy atom. The molecule has 2 nitrogen and oxygen atoms in total. The molecular weight excluding hydrogens is 192 g/mol. The van der Waals surface area contributed by atoms with Crippen LogP contribution in [0, 0.1) is 0 Å². The van der Waals surface area contributed by atoms with E-state index in [0.29, 0.717) is 12.1 Å². The maximum Gasteiger partial charge on any atom is 0.169 e. The lowest BCUT2D eigenvalue weighted by Gasteiger charge is -2.40. The quantitative estimate of drug-likeness (QED) is 0.558. The third-order valence-electron chi connectivity index (χ3n) is 2.83. The average molecular weight is 212 g/mol. The summed E-state index contributed by atoms with van der Waals surface area (Å²) in [6.45, 7) is 8.93. The monoisotopic (exact) mass is 212 g/mol. The SMILES string of the molecule is C=CCNC(=S)N1[C@@H](C)CCC[C@@H]1C. The third kappa shape index (κ3) is 2.71. The van der Waals surface area contributed by atoms with Gasteiger partial charge in [0.05, 0.1) is 0 Å². The summed E-state index contributed by atoms with van der Waals surface area (Å²) in [6.07, 6.45) is 5.66. The number of likely N-dealkylation sites (tertiary alicyclic amines) is 1. The second-order valence-corrected chi connectivity index (χ2v) is 4.40. The van der Waals surface area contributed by atoms with Crippen molar-refractivity contribution in [1.29, 1.82) is 0 Å². The van der Waals surface area contributed by atoms with Crippen LogP contribution in [0.25, 0.3) is 0 Å². The molecule has 1 fully saturated rings. The number of rotatable bonds is 2. The predicted molar refractivity (Wildman–Crippen MR) is 65.4 cm³/mol. The van der Waals surface area contributed by atoms with Crippen molar-refractivity contribution in [1.82, 2.24) is 10.2 Å². The third-order valence-corrected chi connectivity index (χ3v) is 3.18. The van der Waals surface area contributed by atoms with Gasteiger partial charge in [0.2, 0.25) is 0 Å². The lowest BCUT2D eigenvalue weighted by atomic mass is 9.98. The van der Waals surface area contributed by atoms with E-state index in [4.69, 9.17) is 12.2 Å². The first-order valence-corrected chi connectivity index (χ1v) is 5.74. The lowest BCUT2D eigenvalue weighted by molar-refractivity contribution is 0.190. The lowest BCUT2D eigenvalue weighted by Crippen LogP contribution is -2.51. The van der Waals surface area contributed by atoms with Crippen molar-refractivity contribution in [2.45, 2.75) is 45.2 Å². The topological polar surface area (TPSA) is 15.3 Å². The Morgan fingerprint density at radius 2 is 2.07 bits per heavy atom. The summed E-state index contributed by atoms with van der Waals surface area (Å²) in [5.41, 5.74) is 0. The molecule has 3 heteroatoms. The highest BCUT2D eigenvalue weighted by Gasteiger charge is 2.26. The van der Waals surface area contributed by atoms with Crippen LogP contribution in [0.15, 0.2) is 12.7 Å². The molecule has 1 N–H and O–H groups in total. The van der Waals surface area contributed by atoms with E-state index in [9.17, 15) is 0 Å². The average Bonchev–Trinajstić information content (AvgIpc) is 2.14. The molecule has 1 aliphatic rings. The summed E-state index contributed by atoms with van der Waals surface area (Å²) < 4.78 is 0. The molecule has 1 rings (SSSR count). The van der Waals surface area contributed by atoms with Gasteiger partial charge in [-0.25, -0.2) is 0 Å². The summed E-state index contributed by atoms with van der Waals surface area (Å²) in [5.74, 6) is 0. The summed E-state index contributed by atoms with van der Waals surface area (Å²) in [5, 5.41) is 4.08. The Kier molecular flexibility index (Phi) is 4.39. The van der Waals surface area contributed by atoms with Crippen LogP contribution < -0.4 is 5.32 Å². The molecule has 0 amide bonds. The summed E-state index contributed by atoms with van der Waals surface area (Å²) in [4.78, 5) is 2.32. The van der Waals surface area contributed by atoms with Crippen LogP contribution in [-0.4, -0.2) is 28.6 Å². The van der Waals surface area contributed by atoms with Gasteiger partial charge < -0.3 is 10.2 Å². The molecule has 1 aliphatic heterocycles. The number of piperidine rings is 1. The normalized spacial score (nSPS) is 27.1. The number of thiocarbonyl (C=S) groups is 1. The van der Waals surface area contributed by atoms with Crippen molar-refractivity contribution in [3.8, 4) is 0 Å². The fourth-order valence-corrected chi connectivity index (χ4v) is 2.52. The summed E-state index contributed by atoms with van der Waals surface area (Å²) in [6, 6.07) is 1.15. The second-order valence-electron chi connectivity index (χ2n) is 4.01. The summed E-state index contributed by atoms with van der Waals surface area (Å²) >= 11 is 5.36. The van der Waals surface area contributed by atoms with E-state index in [1.165, 1.54) is 19.3 Å². The van der Waals surface area contributed by atoms with Crippen molar-refractivity contribution in [3.05, 3.63) is 12.7 Å². The molecule has 0 bridgehead atoms. The van der Waals surface area contributed by atoms with E-state index >= 15 is 0 Å². The number of hydrogen-bond acceptors (Lipinski definition) is 1. The van der Waals surface area contributed by atoms with Gasteiger partial charge in [0, 0.05) is 18.6 Å². The van der Waals surface area contributed by atoms with Crippen LogP contribution in [0.2, 0.25) is 0 Å². The molecule has 0 radical (unpaired) electrons. The smallest absolute Gasteiger partial charge is 0.169 e. The molecule has 1 heterocycles. The molecule has 0 spiro atoms. The maximum absolute atomic E-state index is 5.36. The molecule has 0 aromatic carbocycles. The molecule has 1 saturated heterocycles. The van der Waals surface area contributed by atoms with Crippen LogP contribution in [0.1, 0.15) is 33.1 Å².